The van der Waals surface area contributed by atoms with E-state index in [1.54, 1.807) is 6.26 Å². The molecule has 8 nitrogen and oxygen atoms in total. The van der Waals surface area contributed by atoms with Gasteiger partial charge in [-0.3, -0.25) is 0 Å². The molecule has 1 fully saturated rings. The molecule has 1 saturated heterocycles. The van der Waals surface area contributed by atoms with Crippen molar-refractivity contribution in [1.29, 1.82) is 0 Å². The monoisotopic (exact) mass is 363 g/mol. The van der Waals surface area contributed by atoms with Crippen LogP contribution in [-0.2, 0) is 6.54 Å². The number of hydrogen-bond acceptors (Lipinski definition) is 8. The van der Waals surface area contributed by atoms with E-state index in [1.165, 1.54) is 6.42 Å². The van der Waals surface area contributed by atoms with Crippen molar-refractivity contribution in [3.8, 4) is 0 Å². The number of para-hydroxylation sites is 1. The Labute approximate surface area is 157 Å². The fraction of sp³-hybridized carbons (Fsp3) is 0.316. The summed E-state index contributed by atoms with van der Waals surface area (Å²) in [5.41, 5.74) is 0.909. The fourth-order valence-electron chi connectivity index (χ4n) is 2.91. The second-order valence-electron chi connectivity index (χ2n) is 6.28. The summed E-state index contributed by atoms with van der Waals surface area (Å²) in [7, 11) is 0. The van der Waals surface area contributed by atoms with E-state index in [-0.39, 0.29) is 5.95 Å². The van der Waals surface area contributed by atoms with Gasteiger partial charge in [0.1, 0.15) is 12.3 Å². The molecular weight excluding hydrogens is 342 g/mol. The number of piperidine rings is 1. The van der Waals surface area contributed by atoms with Gasteiger partial charge in [-0.25, -0.2) is 0 Å². The molecule has 8 heteroatoms. The highest BCUT2D eigenvalue weighted by Gasteiger charge is 2.16. The zero-order chi connectivity index (χ0) is 18.3. The lowest BCUT2D eigenvalue weighted by atomic mass is 10.1. The molecule has 0 amide bonds. The highest BCUT2D eigenvalue weighted by molar-refractivity contribution is 5.55. The van der Waals surface area contributed by atoms with Crippen LogP contribution in [0.4, 0.5) is 23.5 Å². The lowest BCUT2D eigenvalue weighted by Crippen LogP contribution is -2.31. The van der Waals surface area contributed by atoms with Crippen LogP contribution >= 0.6 is 0 Å². The van der Waals surface area contributed by atoms with Crippen molar-refractivity contribution in [3.05, 3.63) is 54.5 Å². The van der Waals surface area contributed by atoms with Crippen molar-refractivity contribution < 1.29 is 4.42 Å². The van der Waals surface area contributed by atoms with Gasteiger partial charge in [0.05, 0.1) is 6.26 Å². The standard InChI is InChI=1S/C19H21N7O/c1-3-8-15(9-4-1)21-17-22-18(25-20-14-16-10-7-13-27-16)24-19(23-17)26-11-5-2-6-12-26/h1,3-4,7-10,13H,2,5-6,11-12,14H2,(H,21,22,23,24). The summed E-state index contributed by atoms with van der Waals surface area (Å²) < 4.78 is 5.27. The average molecular weight is 363 g/mol. The summed E-state index contributed by atoms with van der Waals surface area (Å²) in [6.07, 6.45) is 5.14. The fourth-order valence-corrected chi connectivity index (χ4v) is 2.91. The number of aromatic nitrogens is 3. The number of rotatable bonds is 6. The van der Waals surface area contributed by atoms with Crippen molar-refractivity contribution in [2.45, 2.75) is 25.8 Å². The molecule has 1 N–H and O–H groups in total. The number of anilines is 3. The third kappa shape index (κ3) is 4.66. The number of azo groups is 1. The van der Waals surface area contributed by atoms with E-state index in [4.69, 9.17) is 4.42 Å². The molecule has 0 unspecified atom stereocenters. The van der Waals surface area contributed by atoms with E-state index in [0.717, 1.165) is 37.4 Å². The third-order valence-electron chi connectivity index (χ3n) is 4.25. The molecule has 1 aromatic carbocycles. The van der Waals surface area contributed by atoms with Crippen LogP contribution in [0.15, 0.2) is 63.4 Å². The zero-order valence-corrected chi connectivity index (χ0v) is 15.0. The average Bonchev–Trinajstić information content (AvgIpc) is 3.23. The Morgan fingerprint density at radius 3 is 2.59 bits per heavy atom. The van der Waals surface area contributed by atoms with Gasteiger partial charge in [0.25, 0.3) is 5.95 Å². The van der Waals surface area contributed by atoms with Crippen LogP contribution in [0.2, 0.25) is 0 Å². The first-order valence-corrected chi connectivity index (χ1v) is 9.10. The summed E-state index contributed by atoms with van der Waals surface area (Å²) in [6.45, 7) is 2.23. The summed E-state index contributed by atoms with van der Waals surface area (Å²) in [5, 5.41) is 11.5. The minimum absolute atomic E-state index is 0.288. The molecule has 0 radical (unpaired) electrons. The Balaban J connectivity index is 1.58. The molecule has 27 heavy (non-hydrogen) atoms. The molecule has 138 valence electrons. The van der Waals surface area contributed by atoms with Crippen molar-refractivity contribution >= 4 is 23.5 Å². The molecule has 1 aliphatic heterocycles. The molecule has 0 atom stereocenters. The highest BCUT2D eigenvalue weighted by atomic mass is 16.3. The number of hydrogen-bond donors (Lipinski definition) is 1. The second-order valence-corrected chi connectivity index (χ2v) is 6.28. The summed E-state index contributed by atoms with van der Waals surface area (Å²) >= 11 is 0. The lowest BCUT2D eigenvalue weighted by molar-refractivity contribution is 0.509. The van der Waals surface area contributed by atoms with Gasteiger partial charge < -0.3 is 14.6 Å². The van der Waals surface area contributed by atoms with Gasteiger partial charge in [0.15, 0.2) is 0 Å². The number of furan rings is 1. The Morgan fingerprint density at radius 2 is 1.81 bits per heavy atom. The van der Waals surface area contributed by atoms with E-state index in [1.807, 2.05) is 42.5 Å². The maximum atomic E-state index is 5.27. The zero-order valence-electron chi connectivity index (χ0n) is 15.0. The molecular formula is C19H21N7O. The van der Waals surface area contributed by atoms with Gasteiger partial charge in [-0.1, -0.05) is 18.2 Å². The Hall–Kier alpha value is -3.29. The normalized spacial score (nSPS) is 14.6. The van der Waals surface area contributed by atoms with E-state index in [2.05, 4.69) is 35.4 Å². The summed E-state index contributed by atoms with van der Waals surface area (Å²) in [6, 6.07) is 13.5. The maximum Gasteiger partial charge on any atom is 0.275 e. The van der Waals surface area contributed by atoms with Crippen LogP contribution in [0.5, 0.6) is 0 Å². The maximum absolute atomic E-state index is 5.27. The van der Waals surface area contributed by atoms with Gasteiger partial charge in [0.2, 0.25) is 11.9 Å². The smallest absolute Gasteiger partial charge is 0.275 e. The largest absolute Gasteiger partial charge is 0.467 e. The lowest BCUT2D eigenvalue weighted by Gasteiger charge is -2.26. The van der Waals surface area contributed by atoms with E-state index >= 15 is 0 Å². The third-order valence-corrected chi connectivity index (χ3v) is 4.25. The Bertz CT molecular complexity index is 874. The number of nitrogens with zero attached hydrogens (tertiary/aromatic N) is 6. The van der Waals surface area contributed by atoms with Crippen LogP contribution in [0.3, 0.4) is 0 Å². The number of nitrogens with one attached hydrogen (secondary N) is 1. The minimum Gasteiger partial charge on any atom is -0.467 e. The Morgan fingerprint density at radius 1 is 0.963 bits per heavy atom. The van der Waals surface area contributed by atoms with Crippen LogP contribution in [0.25, 0.3) is 0 Å². The van der Waals surface area contributed by atoms with Crippen LogP contribution in [-0.4, -0.2) is 28.0 Å². The van der Waals surface area contributed by atoms with Crippen LogP contribution in [0, 0.1) is 0 Å². The van der Waals surface area contributed by atoms with Gasteiger partial charge in [-0.15, -0.1) is 5.11 Å². The van der Waals surface area contributed by atoms with E-state index < -0.39 is 0 Å². The topological polar surface area (TPSA) is 91.8 Å². The van der Waals surface area contributed by atoms with Crippen LogP contribution in [0.1, 0.15) is 25.0 Å². The molecule has 0 saturated carbocycles. The quantitative estimate of drug-likeness (QED) is 0.649. The van der Waals surface area contributed by atoms with Crippen molar-refractivity contribution in [2.75, 3.05) is 23.3 Å². The van der Waals surface area contributed by atoms with Crippen molar-refractivity contribution in [2.24, 2.45) is 10.2 Å². The van der Waals surface area contributed by atoms with Crippen molar-refractivity contribution in [3.63, 3.8) is 0 Å². The molecule has 2 aromatic heterocycles. The molecule has 3 aromatic rings. The van der Waals surface area contributed by atoms with Crippen molar-refractivity contribution in [1.82, 2.24) is 15.0 Å². The van der Waals surface area contributed by atoms with Gasteiger partial charge in [-0.05, 0) is 43.5 Å². The molecule has 1 aliphatic rings. The summed E-state index contributed by atoms with van der Waals surface area (Å²) in [4.78, 5) is 15.6. The van der Waals surface area contributed by atoms with Gasteiger partial charge in [0, 0.05) is 18.8 Å². The first-order chi connectivity index (χ1) is 13.4. The second kappa shape index (κ2) is 8.39. The predicted molar refractivity (Wildman–Crippen MR) is 103 cm³/mol. The molecule has 0 aliphatic carbocycles. The van der Waals surface area contributed by atoms with E-state index in [9.17, 15) is 0 Å². The van der Waals surface area contributed by atoms with Crippen LogP contribution < -0.4 is 10.2 Å². The minimum atomic E-state index is 0.288. The van der Waals surface area contributed by atoms with Gasteiger partial charge >= 0.3 is 0 Å². The molecule has 0 bridgehead atoms. The first-order valence-electron chi connectivity index (χ1n) is 9.10. The highest BCUT2D eigenvalue weighted by Crippen LogP contribution is 2.22. The SMILES string of the molecule is c1ccc(Nc2nc(N=NCc3ccco3)nc(N3CCCCC3)n2)cc1. The number of benzene rings is 1. The van der Waals surface area contributed by atoms with E-state index in [0.29, 0.717) is 18.4 Å². The molecule has 4 rings (SSSR count). The molecule has 3 heterocycles. The summed E-state index contributed by atoms with van der Waals surface area (Å²) in [5.74, 6) is 2.13. The molecule has 0 spiro atoms. The first kappa shape index (κ1) is 17.1. The Kier molecular flexibility index (Phi) is 5.33. The van der Waals surface area contributed by atoms with Gasteiger partial charge in [-0.2, -0.15) is 20.1 Å². The predicted octanol–water partition coefficient (Wildman–Crippen LogP) is 4.48.